The molecule has 0 aromatic heterocycles. The minimum absolute atomic E-state index is 0.0342. The summed E-state index contributed by atoms with van der Waals surface area (Å²) >= 11 is 0. The van der Waals surface area contributed by atoms with Gasteiger partial charge < -0.3 is 20.8 Å². The second-order valence-corrected chi connectivity index (χ2v) is 7.25. The molecular formula is C24H24N2O5. The van der Waals surface area contributed by atoms with Crippen LogP contribution >= 0.6 is 0 Å². The first-order chi connectivity index (χ1) is 14.9. The molecule has 0 radical (unpaired) electrons. The van der Waals surface area contributed by atoms with Crippen LogP contribution in [0.4, 0.5) is 0 Å². The molecule has 0 spiro atoms. The highest BCUT2D eigenvalue weighted by atomic mass is 16.4. The Morgan fingerprint density at radius 3 is 2.32 bits per heavy atom. The molecule has 7 heteroatoms. The minimum atomic E-state index is -1.20. The lowest BCUT2D eigenvalue weighted by Crippen LogP contribution is -2.46. The van der Waals surface area contributed by atoms with Gasteiger partial charge in [-0.2, -0.15) is 0 Å². The number of carboxylic acids is 1. The average Bonchev–Trinajstić information content (AvgIpc) is 2.79. The third-order valence-corrected chi connectivity index (χ3v) is 4.94. The minimum Gasteiger partial charge on any atom is -0.508 e. The van der Waals surface area contributed by atoms with E-state index in [9.17, 15) is 24.6 Å². The zero-order chi connectivity index (χ0) is 22.2. The van der Waals surface area contributed by atoms with E-state index in [2.05, 4.69) is 10.6 Å². The average molecular weight is 420 g/mol. The number of amides is 2. The van der Waals surface area contributed by atoms with Gasteiger partial charge in [0.2, 0.25) is 0 Å². The molecule has 3 rings (SSSR count). The first-order valence-corrected chi connectivity index (χ1v) is 10.0. The molecule has 0 saturated heterocycles. The molecule has 31 heavy (non-hydrogen) atoms. The van der Waals surface area contributed by atoms with Crippen molar-refractivity contribution in [1.82, 2.24) is 10.6 Å². The van der Waals surface area contributed by atoms with Crippen LogP contribution in [0.1, 0.15) is 35.2 Å². The maximum Gasteiger partial charge on any atom is 0.326 e. The maximum atomic E-state index is 13.0. The largest absolute Gasteiger partial charge is 0.508 e. The van der Waals surface area contributed by atoms with Crippen LogP contribution < -0.4 is 10.6 Å². The fourth-order valence-electron chi connectivity index (χ4n) is 3.28. The molecular weight excluding hydrogens is 396 g/mol. The van der Waals surface area contributed by atoms with Crippen molar-refractivity contribution in [2.75, 3.05) is 0 Å². The number of rotatable bonds is 7. The van der Waals surface area contributed by atoms with Gasteiger partial charge in [-0.25, -0.2) is 4.79 Å². The predicted octanol–water partition coefficient (Wildman–Crippen LogP) is 2.93. The lowest BCUT2D eigenvalue weighted by Gasteiger charge is -2.20. The monoisotopic (exact) mass is 420 g/mol. The summed E-state index contributed by atoms with van der Waals surface area (Å²) in [6.07, 6.45) is 6.06. The van der Waals surface area contributed by atoms with Crippen molar-refractivity contribution in [3.8, 4) is 5.75 Å². The van der Waals surface area contributed by atoms with E-state index in [0.717, 1.165) is 12.8 Å². The molecule has 1 atom stereocenters. The zero-order valence-electron chi connectivity index (χ0n) is 16.9. The van der Waals surface area contributed by atoms with Crippen LogP contribution in [0.15, 0.2) is 78.0 Å². The molecule has 0 bridgehead atoms. The topological polar surface area (TPSA) is 116 Å². The number of carboxylic acid groups (broad SMARTS) is 1. The first-order valence-electron chi connectivity index (χ1n) is 10.0. The van der Waals surface area contributed by atoms with E-state index >= 15 is 0 Å². The number of hydrogen-bond donors (Lipinski definition) is 4. The van der Waals surface area contributed by atoms with Crippen LogP contribution in [0.25, 0.3) is 0 Å². The van der Waals surface area contributed by atoms with Gasteiger partial charge in [0, 0.05) is 12.0 Å². The number of nitrogens with one attached hydrogen (secondary N) is 2. The highest BCUT2D eigenvalue weighted by Gasteiger charge is 2.25. The normalized spacial score (nSPS) is 15.6. The van der Waals surface area contributed by atoms with Crippen molar-refractivity contribution in [3.05, 3.63) is 89.1 Å². The highest BCUT2D eigenvalue weighted by molar-refractivity contribution is 6.04. The Labute approximate surface area is 180 Å². The molecule has 0 saturated carbocycles. The molecule has 2 amide bonds. The number of phenols is 1. The van der Waals surface area contributed by atoms with Crippen LogP contribution in [-0.4, -0.2) is 34.0 Å². The van der Waals surface area contributed by atoms with Gasteiger partial charge in [-0.1, -0.05) is 42.5 Å². The highest BCUT2D eigenvalue weighted by Crippen LogP contribution is 2.20. The fraction of sp³-hybridized carbons (Fsp3) is 0.208. The smallest absolute Gasteiger partial charge is 0.326 e. The van der Waals surface area contributed by atoms with Crippen LogP contribution in [0.3, 0.4) is 0 Å². The predicted molar refractivity (Wildman–Crippen MR) is 115 cm³/mol. The van der Waals surface area contributed by atoms with E-state index in [1.165, 1.54) is 12.1 Å². The second-order valence-electron chi connectivity index (χ2n) is 7.25. The summed E-state index contributed by atoms with van der Waals surface area (Å²) in [5.74, 6) is -2.22. The summed E-state index contributed by atoms with van der Waals surface area (Å²) < 4.78 is 0. The summed E-state index contributed by atoms with van der Waals surface area (Å²) in [7, 11) is 0. The maximum absolute atomic E-state index is 13.0. The van der Waals surface area contributed by atoms with E-state index in [-0.39, 0.29) is 17.9 Å². The van der Waals surface area contributed by atoms with Crippen molar-refractivity contribution in [1.29, 1.82) is 0 Å². The first kappa shape index (κ1) is 21.8. The number of phenolic OH excluding ortho intramolecular Hbond substituents is 1. The lowest BCUT2D eigenvalue weighted by atomic mass is 9.99. The Balaban J connectivity index is 1.82. The van der Waals surface area contributed by atoms with Crippen molar-refractivity contribution >= 4 is 17.8 Å². The number of benzene rings is 2. The molecule has 1 aliphatic carbocycles. The van der Waals surface area contributed by atoms with Crippen molar-refractivity contribution < 1.29 is 24.6 Å². The Kier molecular flexibility index (Phi) is 7.22. The van der Waals surface area contributed by atoms with Crippen LogP contribution in [0.2, 0.25) is 0 Å². The molecule has 2 aromatic carbocycles. The van der Waals surface area contributed by atoms with Crippen LogP contribution in [-0.2, 0) is 16.0 Å². The number of hydrogen-bond acceptors (Lipinski definition) is 4. The van der Waals surface area contributed by atoms with Crippen molar-refractivity contribution in [2.45, 2.75) is 31.7 Å². The standard InChI is InChI=1S/C24H24N2O5/c27-19-13-11-16(12-14-19)15-20(24(30)31)25-23(29)21(17-7-3-1-4-8-17)26-22(28)18-9-5-2-6-10-18/h2-3,5-7,9-14,20,27H,1,4,8,15H2,(H,25,29)(H,26,28)(H,30,31)/t20-/m0/s1. The van der Waals surface area contributed by atoms with Gasteiger partial charge in [-0.05, 0) is 54.7 Å². The lowest BCUT2D eigenvalue weighted by molar-refractivity contribution is -0.141. The molecule has 4 N–H and O–H groups in total. The number of carbonyl (C=O) groups excluding carboxylic acids is 2. The summed E-state index contributed by atoms with van der Waals surface area (Å²) in [5, 5.41) is 24.2. The molecule has 7 nitrogen and oxygen atoms in total. The van der Waals surface area contributed by atoms with E-state index < -0.39 is 23.8 Å². The Hall–Kier alpha value is -3.87. The third kappa shape index (κ3) is 6.05. The van der Waals surface area contributed by atoms with Gasteiger partial charge in [0.1, 0.15) is 17.5 Å². The van der Waals surface area contributed by atoms with Crippen molar-refractivity contribution in [2.24, 2.45) is 0 Å². The fourth-order valence-corrected chi connectivity index (χ4v) is 3.28. The number of allylic oxidation sites excluding steroid dienone is 3. The van der Waals surface area contributed by atoms with E-state index in [1.54, 1.807) is 48.5 Å². The van der Waals surface area contributed by atoms with Gasteiger partial charge in [0.15, 0.2) is 0 Å². The molecule has 0 fully saturated rings. The van der Waals surface area contributed by atoms with E-state index in [0.29, 0.717) is 23.1 Å². The summed E-state index contributed by atoms with van der Waals surface area (Å²) in [4.78, 5) is 37.5. The van der Waals surface area contributed by atoms with Gasteiger partial charge in [-0.15, -0.1) is 0 Å². The third-order valence-electron chi connectivity index (χ3n) is 4.94. The number of aliphatic carboxylic acids is 1. The summed E-state index contributed by atoms with van der Waals surface area (Å²) in [6, 6.07) is 13.4. The van der Waals surface area contributed by atoms with Gasteiger partial charge >= 0.3 is 5.97 Å². The van der Waals surface area contributed by atoms with Crippen molar-refractivity contribution in [3.63, 3.8) is 0 Å². The van der Waals surface area contributed by atoms with E-state index in [4.69, 9.17) is 0 Å². The molecule has 2 aromatic rings. The number of aromatic hydroxyl groups is 1. The second kappa shape index (κ2) is 10.2. The zero-order valence-corrected chi connectivity index (χ0v) is 16.9. The van der Waals surface area contributed by atoms with Gasteiger partial charge in [-0.3, -0.25) is 9.59 Å². The molecule has 0 heterocycles. The van der Waals surface area contributed by atoms with E-state index in [1.807, 2.05) is 6.08 Å². The Morgan fingerprint density at radius 1 is 1.00 bits per heavy atom. The summed E-state index contributed by atoms with van der Waals surface area (Å²) in [6.45, 7) is 0. The Morgan fingerprint density at radius 2 is 1.71 bits per heavy atom. The number of carbonyl (C=O) groups is 3. The molecule has 0 unspecified atom stereocenters. The van der Waals surface area contributed by atoms with Gasteiger partial charge in [0.05, 0.1) is 0 Å². The molecule has 1 aliphatic rings. The molecule has 0 aliphatic heterocycles. The molecule has 160 valence electrons. The van der Waals surface area contributed by atoms with Crippen LogP contribution in [0.5, 0.6) is 5.75 Å². The van der Waals surface area contributed by atoms with Crippen LogP contribution in [0, 0.1) is 0 Å². The van der Waals surface area contributed by atoms with Gasteiger partial charge in [0.25, 0.3) is 11.8 Å². The Bertz CT molecular complexity index is 1010. The summed E-state index contributed by atoms with van der Waals surface area (Å²) in [5.41, 5.74) is 1.75. The quantitative estimate of drug-likeness (QED) is 0.514. The SMILES string of the molecule is O=C(N[C@@H](Cc1ccc(O)cc1)C(=O)O)C(NC(=O)c1ccccc1)=C1C=CCCC1.